The summed E-state index contributed by atoms with van der Waals surface area (Å²) in [6.45, 7) is 3.14. The number of nitrogens with zero attached hydrogens (tertiary/aromatic N) is 1. The van der Waals surface area contributed by atoms with E-state index in [4.69, 9.17) is 10.00 Å². The Morgan fingerprint density at radius 3 is 3.00 bits per heavy atom. The molecule has 1 fully saturated rings. The lowest BCUT2D eigenvalue weighted by molar-refractivity contribution is 0.0876. The first-order chi connectivity index (χ1) is 8.20. The molecule has 3 nitrogen and oxygen atoms in total. The highest BCUT2D eigenvalue weighted by Gasteiger charge is 2.15. The van der Waals surface area contributed by atoms with E-state index < -0.39 is 0 Å². The molecule has 1 aliphatic heterocycles. The van der Waals surface area contributed by atoms with Gasteiger partial charge in [-0.25, -0.2) is 4.39 Å². The number of nitriles is 1. The lowest BCUT2D eigenvalue weighted by Gasteiger charge is -2.25. The monoisotopic (exact) mass is 234 g/mol. The molecule has 0 radical (unpaired) electrons. The van der Waals surface area contributed by atoms with E-state index in [-0.39, 0.29) is 11.9 Å². The second kappa shape index (κ2) is 5.15. The van der Waals surface area contributed by atoms with E-state index in [1.54, 1.807) is 13.0 Å². The molecule has 1 unspecified atom stereocenters. The SMILES string of the molecule is Cc1c(F)cc(C#N)cc1NC1CCCOC1. The van der Waals surface area contributed by atoms with Gasteiger partial charge < -0.3 is 10.1 Å². The van der Waals surface area contributed by atoms with Gasteiger partial charge in [0.15, 0.2) is 0 Å². The molecule has 1 heterocycles. The summed E-state index contributed by atoms with van der Waals surface area (Å²) < 4.78 is 18.9. The number of ether oxygens (including phenoxy) is 1. The van der Waals surface area contributed by atoms with E-state index in [1.165, 1.54) is 6.07 Å². The second-order valence-corrected chi connectivity index (χ2v) is 4.30. The zero-order valence-electron chi connectivity index (χ0n) is 9.79. The van der Waals surface area contributed by atoms with Crippen molar-refractivity contribution in [2.24, 2.45) is 0 Å². The molecule has 4 heteroatoms. The van der Waals surface area contributed by atoms with E-state index >= 15 is 0 Å². The van der Waals surface area contributed by atoms with Crippen molar-refractivity contribution in [3.8, 4) is 6.07 Å². The van der Waals surface area contributed by atoms with Crippen LogP contribution < -0.4 is 5.32 Å². The van der Waals surface area contributed by atoms with E-state index in [0.29, 0.717) is 23.4 Å². The summed E-state index contributed by atoms with van der Waals surface area (Å²) in [5, 5.41) is 12.1. The predicted molar refractivity (Wildman–Crippen MR) is 63.3 cm³/mol. The molecule has 0 aromatic heterocycles. The van der Waals surface area contributed by atoms with Crippen LogP contribution in [0.15, 0.2) is 12.1 Å². The third kappa shape index (κ3) is 2.75. The molecule has 1 N–H and O–H groups in total. The summed E-state index contributed by atoms with van der Waals surface area (Å²) in [6.07, 6.45) is 2.02. The standard InChI is InChI=1S/C13H15FN2O/c1-9-12(14)5-10(7-15)6-13(9)16-11-3-2-4-17-8-11/h5-6,11,16H,2-4,8H2,1H3. The van der Waals surface area contributed by atoms with Crippen LogP contribution in [0.25, 0.3) is 0 Å². The molecule has 1 aromatic carbocycles. The van der Waals surface area contributed by atoms with Gasteiger partial charge in [-0.1, -0.05) is 0 Å². The largest absolute Gasteiger partial charge is 0.380 e. The highest BCUT2D eigenvalue weighted by molar-refractivity contribution is 5.56. The molecular weight excluding hydrogens is 219 g/mol. The maximum absolute atomic E-state index is 13.6. The van der Waals surface area contributed by atoms with Crippen LogP contribution in [-0.4, -0.2) is 19.3 Å². The molecule has 0 saturated carbocycles. The number of rotatable bonds is 2. The number of hydrogen-bond acceptors (Lipinski definition) is 3. The van der Waals surface area contributed by atoms with E-state index in [1.807, 2.05) is 6.07 Å². The van der Waals surface area contributed by atoms with Crippen molar-refractivity contribution in [2.75, 3.05) is 18.5 Å². The minimum Gasteiger partial charge on any atom is -0.380 e. The van der Waals surface area contributed by atoms with Gasteiger partial charge in [0.05, 0.1) is 18.2 Å². The van der Waals surface area contributed by atoms with Crippen LogP contribution in [0.2, 0.25) is 0 Å². The molecule has 0 aliphatic carbocycles. The van der Waals surface area contributed by atoms with Crippen molar-refractivity contribution in [2.45, 2.75) is 25.8 Å². The molecule has 1 saturated heterocycles. The van der Waals surface area contributed by atoms with Gasteiger partial charge in [0.25, 0.3) is 0 Å². The number of anilines is 1. The molecule has 17 heavy (non-hydrogen) atoms. The van der Waals surface area contributed by atoms with Crippen molar-refractivity contribution in [3.63, 3.8) is 0 Å². The first kappa shape index (κ1) is 11.9. The summed E-state index contributed by atoms with van der Waals surface area (Å²) in [5.41, 5.74) is 1.58. The van der Waals surface area contributed by atoms with Crippen molar-refractivity contribution in [1.82, 2.24) is 0 Å². The van der Waals surface area contributed by atoms with Gasteiger partial charge in [-0.15, -0.1) is 0 Å². The number of nitrogens with one attached hydrogen (secondary N) is 1. The van der Waals surface area contributed by atoms with Gasteiger partial charge in [0.2, 0.25) is 0 Å². The topological polar surface area (TPSA) is 45.0 Å². The predicted octanol–water partition coefficient (Wildman–Crippen LogP) is 2.60. The Balaban J connectivity index is 2.19. The summed E-state index contributed by atoms with van der Waals surface area (Å²) in [4.78, 5) is 0. The average molecular weight is 234 g/mol. The van der Waals surface area contributed by atoms with Crippen molar-refractivity contribution in [1.29, 1.82) is 5.26 Å². The van der Waals surface area contributed by atoms with Crippen LogP contribution in [0.1, 0.15) is 24.0 Å². The molecule has 1 aromatic rings. The summed E-state index contributed by atoms with van der Waals surface area (Å²) >= 11 is 0. The van der Waals surface area contributed by atoms with Crippen LogP contribution in [0.3, 0.4) is 0 Å². The molecular formula is C13H15FN2O. The Kier molecular flexibility index (Phi) is 3.60. The first-order valence-corrected chi connectivity index (χ1v) is 5.75. The van der Waals surface area contributed by atoms with Gasteiger partial charge in [-0.3, -0.25) is 0 Å². The third-order valence-electron chi connectivity index (χ3n) is 2.99. The number of halogens is 1. The van der Waals surface area contributed by atoms with Crippen LogP contribution >= 0.6 is 0 Å². The van der Waals surface area contributed by atoms with E-state index in [2.05, 4.69) is 5.32 Å². The van der Waals surface area contributed by atoms with Crippen molar-refractivity contribution < 1.29 is 9.13 Å². The second-order valence-electron chi connectivity index (χ2n) is 4.30. The average Bonchev–Trinajstić information content (AvgIpc) is 2.36. The Morgan fingerprint density at radius 1 is 1.53 bits per heavy atom. The Hall–Kier alpha value is -1.60. The molecule has 0 spiro atoms. The maximum Gasteiger partial charge on any atom is 0.129 e. The minimum atomic E-state index is -0.344. The smallest absolute Gasteiger partial charge is 0.129 e. The zero-order chi connectivity index (χ0) is 12.3. The van der Waals surface area contributed by atoms with Crippen molar-refractivity contribution >= 4 is 5.69 Å². The highest BCUT2D eigenvalue weighted by Crippen LogP contribution is 2.22. The highest BCUT2D eigenvalue weighted by atomic mass is 19.1. The fraction of sp³-hybridized carbons (Fsp3) is 0.462. The molecule has 90 valence electrons. The van der Waals surface area contributed by atoms with Gasteiger partial charge in [0, 0.05) is 23.9 Å². The summed E-state index contributed by atoms with van der Waals surface area (Å²) in [7, 11) is 0. The lowest BCUT2D eigenvalue weighted by atomic mass is 10.1. The quantitative estimate of drug-likeness (QED) is 0.855. The number of hydrogen-bond donors (Lipinski definition) is 1. The Morgan fingerprint density at radius 2 is 2.35 bits per heavy atom. The normalized spacial score (nSPS) is 19.7. The Bertz CT molecular complexity index is 447. The van der Waals surface area contributed by atoms with E-state index in [9.17, 15) is 4.39 Å². The summed E-state index contributed by atoms with van der Waals surface area (Å²) in [6, 6.07) is 5.12. The summed E-state index contributed by atoms with van der Waals surface area (Å²) in [5.74, 6) is -0.344. The van der Waals surface area contributed by atoms with Gasteiger partial charge in [-0.2, -0.15) is 5.26 Å². The molecule has 1 aliphatic rings. The fourth-order valence-electron chi connectivity index (χ4n) is 1.97. The number of benzene rings is 1. The molecule has 1 atom stereocenters. The first-order valence-electron chi connectivity index (χ1n) is 5.75. The lowest BCUT2D eigenvalue weighted by Crippen LogP contribution is -2.30. The van der Waals surface area contributed by atoms with E-state index in [0.717, 1.165) is 19.4 Å². The Labute approximate surface area is 100 Å². The van der Waals surface area contributed by atoms with Gasteiger partial charge in [0.1, 0.15) is 5.82 Å². The third-order valence-corrected chi connectivity index (χ3v) is 2.99. The van der Waals surface area contributed by atoms with Crippen LogP contribution in [0, 0.1) is 24.1 Å². The van der Waals surface area contributed by atoms with Gasteiger partial charge >= 0.3 is 0 Å². The molecule has 2 rings (SSSR count). The molecule has 0 amide bonds. The maximum atomic E-state index is 13.6. The van der Waals surface area contributed by atoms with Crippen molar-refractivity contribution in [3.05, 3.63) is 29.1 Å². The molecule has 0 bridgehead atoms. The zero-order valence-corrected chi connectivity index (χ0v) is 9.79. The fourth-order valence-corrected chi connectivity index (χ4v) is 1.97. The van der Waals surface area contributed by atoms with Gasteiger partial charge in [-0.05, 0) is 31.9 Å². The van der Waals surface area contributed by atoms with Crippen LogP contribution in [0.5, 0.6) is 0 Å². The minimum absolute atomic E-state index is 0.204. The van der Waals surface area contributed by atoms with Crippen LogP contribution in [0.4, 0.5) is 10.1 Å². The van der Waals surface area contributed by atoms with Crippen LogP contribution in [-0.2, 0) is 4.74 Å².